The Hall–Kier alpha value is -3.40. The molecule has 1 N–H and O–H groups in total. The summed E-state index contributed by atoms with van der Waals surface area (Å²) in [4.78, 5) is 19.0. The summed E-state index contributed by atoms with van der Waals surface area (Å²) in [6.07, 6.45) is -2.94. The number of nitrogens with zero attached hydrogens (tertiary/aromatic N) is 4. The number of benzene rings is 2. The first-order valence-electron chi connectivity index (χ1n) is 10.1. The van der Waals surface area contributed by atoms with E-state index >= 15 is 0 Å². The number of fused-ring (bicyclic) bond motifs is 1. The predicted molar refractivity (Wildman–Crippen MR) is 117 cm³/mol. The summed E-state index contributed by atoms with van der Waals surface area (Å²) in [5.41, 5.74) is 0.909. The van der Waals surface area contributed by atoms with Gasteiger partial charge in [0.05, 0.1) is 27.9 Å². The minimum absolute atomic E-state index is 0.0508. The number of alkyl halides is 3. The fourth-order valence-corrected chi connectivity index (χ4v) is 3.78. The van der Waals surface area contributed by atoms with E-state index in [2.05, 4.69) is 15.2 Å². The summed E-state index contributed by atoms with van der Waals surface area (Å²) in [5.74, 6) is 0. The third-order valence-electron chi connectivity index (χ3n) is 5.58. The second-order valence-electron chi connectivity index (χ2n) is 7.85. The average Bonchev–Trinajstić information content (AvgIpc) is 2.77. The van der Waals surface area contributed by atoms with Crippen molar-refractivity contribution in [2.24, 2.45) is 0 Å². The van der Waals surface area contributed by atoms with Crippen LogP contribution in [0.5, 0.6) is 0 Å². The van der Waals surface area contributed by atoms with Crippen molar-refractivity contribution in [1.29, 1.82) is 0 Å². The number of non-ortho nitro benzene ring substituents is 1. The second kappa shape index (κ2) is 8.62. The molecule has 1 aliphatic rings. The van der Waals surface area contributed by atoms with Crippen molar-refractivity contribution >= 4 is 28.0 Å². The number of piperazine rings is 1. The van der Waals surface area contributed by atoms with Crippen LogP contribution < -0.4 is 10.2 Å². The van der Waals surface area contributed by atoms with E-state index in [9.17, 15) is 23.3 Å². The van der Waals surface area contributed by atoms with E-state index in [0.29, 0.717) is 11.3 Å². The Kier molecular flexibility index (Phi) is 5.88. The SMILES string of the molecule is CN1CCN(c2cnc3cc(NCc4cccc([N+](=O)[O-])c4)cc(C(F)(F)F)c3c2)CC1. The zero-order valence-electron chi connectivity index (χ0n) is 17.4. The standard InChI is InChI=1S/C22H22F3N5O2/c1-28-5-7-29(8-6-28)18-12-19-20(22(23,24)25)10-16(11-21(19)27-14-18)26-13-15-3-2-4-17(9-15)30(31)32/h2-4,9-12,14,26H,5-8,13H2,1H3. The van der Waals surface area contributed by atoms with Gasteiger partial charge in [-0.05, 0) is 30.8 Å². The summed E-state index contributed by atoms with van der Waals surface area (Å²) in [7, 11) is 2.01. The molecule has 32 heavy (non-hydrogen) atoms. The molecule has 168 valence electrons. The average molecular weight is 445 g/mol. The largest absolute Gasteiger partial charge is 0.417 e. The normalized spacial score (nSPS) is 15.2. The van der Waals surface area contributed by atoms with Crippen LogP contribution in [-0.2, 0) is 12.7 Å². The molecule has 1 aliphatic heterocycles. The highest BCUT2D eigenvalue weighted by Gasteiger charge is 2.33. The molecule has 1 fully saturated rings. The van der Waals surface area contributed by atoms with Crippen LogP contribution in [0.4, 0.5) is 30.2 Å². The van der Waals surface area contributed by atoms with E-state index in [-0.39, 0.29) is 28.8 Å². The molecule has 1 saturated heterocycles. The van der Waals surface area contributed by atoms with Crippen LogP contribution in [0.2, 0.25) is 0 Å². The number of likely N-dealkylation sites (N-methyl/N-ethyl adjacent to an activating group) is 1. The number of rotatable bonds is 5. The molecular formula is C22H22F3N5O2. The minimum Gasteiger partial charge on any atom is -0.381 e. The van der Waals surface area contributed by atoms with Crippen LogP contribution in [0.15, 0.2) is 48.7 Å². The predicted octanol–water partition coefficient (Wildman–Crippen LogP) is 4.53. The summed E-state index contributed by atoms with van der Waals surface area (Å²) in [6, 6.07) is 10.2. The smallest absolute Gasteiger partial charge is 0.381 e. The molecule has 2 aromatic carbocycles. The lowest BCUT2D eigenvalue weighted by Gasteiger charge is -2.34. The minimum atomic E-state index is -4.55. The maximum Gasteiger partial charge on any atom is 0.417 e. The van der Waals surface area contributed by atoms with Crippen molar-refractivity contribution in [2.75, 3.05) is 43.4 Å². The van der Waals surface area contributed by atoms with E-state index in [1.165, 1.54) is 18.2 Å². The summed E-state index contributed by atoms with van der Waals surface area (Å²) in [6.45, 7) is 3.28. The molecule has 0 amide bonds. The van der Waals surface area contributed by atoms with Gasteiger partial charge in [-0.2, -0.15) is 13.2 Å². The third kappa shape index (κ3) is 4.75. The van der Waals surface area contributed by atoms with Crippen molar-refractivity contribution in [1.82, 2.24) is 9.88 Å². The summed E-state index contributed by atoms with van der Waals surface area (Å²) < 4.78 is 41.6. The Balaban J connectivity index is 1.64. The Labute approximate surface area is 182 Å². The lowest BCUT2D eigenvalue weighted by molar-refractivity contribution is -0.384. The molecule has 7 nitrogen and oxygen atoms in total. The molecule has 2 heterocycles. The molecule has 0 radical (unpaired) electrons. The van der Waals surface area contributed by atoms with E-state index in [1.54, 1.807) is 24.4 Å². The van der Waals surface area contributed by atoms with Gasteiger partial charge in [0, 0.05) is 55.9 Å². The number of pyridine rings is 1. The van der Waals surface area contributed by atoms with Crippen LogP contribution in [0.25, 0.3) is 10.9 Å². The molecule has 0 spiro atoms. The van der Waals surface area contributed by atoms with Crippen molar-refractivity contribution < 1.29 is 18.1 Å². The van der Waals surface area contributed by atoms with Crippen molar-refractivity contribution in [2.45, 2.75) is 12.7 Å². The summed E-state index contributed by atoms with van der Waals surface area (Å²) in [5, 5.41) is 13.9. The third-order valence-corrected chi connectivity index (χ3v) is 5.58. The Morgan fingerprint density at radius 2 is 1.88 bits per heavy atom. The van der Waals surface area contributed by atoms with Gasteiger partial charge in [0.1, 0.15) is 0 Å². The lowest BCUT2D eigenvalue weighted by Crippen LogP contribution is -2.44. The van der Waals surface area contributed by atoms with Crippen LogP contribution >= 0.6 is 0 Å². The molecule has 3 aromatic rings. The first kappa shape index (κ1) is 21.8. The zero-order chi connectivity index (χ0) is 22.9. The molecule has 0 unspecified atom stereocenters. The zero-order valence-corrected chi connectivity index (χ0v) is 17.4. The fraction of sp³-hybridized carbons (Fsp3) is 0.318. The number of aromatic nitrogens is 1. The molecule has 1 aromatic heterocycles. The number of nitro benzene ring substituents is 1. The van der Waals surface area contributed by atoms with E-state index in [1.807, 2.05) is 11.9 Å². The number of hydrogen-bond donors (Lipinski definition) is 1. The van der Waals surface area contributed by atoms with Gasteiger partial charge in [-0.25, -0.2) is 0 Å². The maximum absolute atomic E-state index is 13.9. The first-order chi connectivity index (χ1) is 15.2. The van der Waals surface area contributed by atoms with Crippen LogP contribution in [0.3, 0.4) is 0 Å². The molecule has 0 saturated carbocycles. The maximum atomic E-state index is 13.9. The Bertz CT molecular complexity index is 1140. The van der Waals surface area contributed by atoms with Crippen molar-refractivity contribution in [3.8, 4) is 0 Å². The highest BCUT2D eigenvalue weighted by molar-refractivity contribution is 5.88. The van der Waals surface area contributed by atoms with Gasteiger partial charge in [0.2, 0.25) is 0 Å². The Morgan fingerprint density at radius 1 is 1.12 bits per heavy atom. The molecular weight excluding hydrogens is 423 g/mol. The van der Waals surface area contributed by atoms with Gasteiger partial charge < -0.3 is 15.1 Å². The van der Waals surface area contributed by atoms with Gasteiger partial charge in [-0.1, -0.05) is 12.1 Å². The molecule has 0 atom stereocenters. The monoisotopic (exact) mass is 445 g/mol. The topological polar surface area (TPSA) is 74.5 Å². The summed E-state index contributed by atoms with van der Waals surface area (Å²) >= 11 is 0. The fourth-order valence-electron chi connectivity index (χ4n) is 3.78. The number of nitro groups is 1. The first-order valence-corrected chi connectivity index (χ1v) is 10.1. The lowest BCUT2D eigenvalue weighted by atomic mass is 10.1. The quantitative estimate of drug-likeness (QED) is 0.460. The van der Waals surface area contributed by atoms with Crippen molar-refractivity contribution in [3.05, 3.63) is 69.9 Å². The van der Waals surface area contributed by atoms with Gasteiger partial charge in [0.25, 0.3) is 5.69 Å². The highest BCUT2D eigenvalue weighted by Crippen LogP contribution is 2.38. The van der Waals surface area contributed by atoms with E-state index < -0.39 is 16.7 Å². The number of hydrogen-bond acceptors (Lipinski definition) is 6. The van der Waals surface area contributed by atoms with E-state index in [4.69, 9.17) is 0 Å². The number of halogens is 3. The van der Waals surface area contributed by atoms with Gasteiger partial charge in [0.15, 0.2) is 0 Å². The molecule has 0 bridgehead atoms. The Morgan fingerprint density at radius 3 is 2.56 bits per heavy atom. The van der Waals surface area contributed by atoms with Crippen LogP contribution in [0, 0.1) is 10.1 Å². The van der Waals surface area contributed by atoms with Gasteiger partial charge in [-0.15, -0.1) is 0 Å². The molecule has 10 heteroatoms. The van der Waals surface area contributed by atoms with Crippen LogP contribution in [0.1, 0.15) is 11.1 Å². The number of anilines is 2. The van der Waals surface area contributed by atoms with E-state index in [0.717, 1.165) is 32.2 Å². The molecule has 4 rings (SSSR count). The molecule has 0 aliphatic carbocycles. The number of nitrogens with one attached hydrogen (secondary N) is 1. The highest BCUT2D eigenvalue weighted by atomic mass is 19.4. The second-order valence-corrected chi connectivity index (χ2v) is 7.85. The van der Waals surface area contributed by atoms with Gasteiger partial charge >= 0.3 is 6.18 Å². The van der Waals surface area contributed by atoms with Crippen molar-refractivity contribution in [3.63, 3.8) is 0 Å². The van der Waals surface area contributed by atoms with Gasteiger partial charge in [-0.3, -0.25) is 15.1 Å². The van der Waals surface area contributed by atoms with Crippen LogP contribution in [-0.4, -0.2) is 48.0 Å².